The van der Waals surface area contributed by atoms with Gasteiger partial charge in [0.1, 0.15) is 11.3 Å². The molecule has 10 heteroatoms. The molecule has 1 fully saturated rings. The van der Waals surface area contributed by atoms with Crippen LogP contribution >= 0.6 is 0 Å². The molecule has 1 saturated heterocycles. The van der Waals surface area contributed by atoms with Crippen molar-refractivity contribution < 1.29 is 18.0 Å². The number of H-pyrrole nitrogens is 1. The molecular weight excluding hydrogens is 385 g/mol. The first-order chi connectivity index (χ1) is 13.8. The first-order valence-corrected chi connectivity index (χ1v) is 9.40. The lowest BCUT2D eigenvalue weighted by atomic mass is 10.0. The number of nitrogens with zero attached hydrogens (tertiary/aromatic N) is 3. The fraction of sp³-hybridized carbons (Fsp3) is 0.421. The highest BCUT2D eigenvalue weighted by molar-refractivity contribution is 5.97. The normalized spacial score (nSPS) is 19.8. The van der Waals surface area contributed by atoms with Crippen molar-refractivity contribution in [3.63, 3.8) is 0 Å². The lowest BCUT2D eigenvalue weighted by Crippen LogP contribution is -2.38. The minimum Gasteiger partial charge on any atom is -0.356 e. The van der Waals surface area contributed by atoms with Crippen LogP contribution in [-0.2, 0) is 12.6 Å². The summed E-state index contributed by atoms with van der Waals surface area (Å²) in [7, 11) is 1.60. The molecule has 0 aliphatic carbocycles. The van der Waals surface area contributed by atoms with Crippen LogP contribution in [0.1, 0.15) is 34.5 Å². The summed E-state index contributed by atoms with van der Waals surface area (Å²) in [4.78, 5) is 24.8. The van der Waals surface area contributed by atoms with Crippen molar-refractivity contribution in [3.8, 4) is 11.3 Å². The molecule has 0 spiro atoms. The maximum absolute atomic E-state index is 13.7. The van der Waals surface area contributed by atoms with E-state index in [1.807, 2.05) is 0 Å². The van der Waals surface area contributed by atoms with E-state index in [4.69, 9.17) is 0 Å². The van der Waals surface area contributed by atoms with Crippen LogP contribution in [0.15, 0.2) is 24.7 Å². The standard InChI is InChI=1S/C19H21F3N6O/c1-28-7-3-5-12-13(9-24-16(12)17(28)29)15-14(19(20,21)22)10-25-18(27-15)26-11-4-2-6-23-8-11/h3,7,9-11,23-24H,2,4-6,8H2,1H3,(H,25,26,27)/t11-/m0/s1. The molecular formula is C19H21F3N6O. The van der Waals surface area contributed by atoms with Crippen LogP contribution in [0.4, 0.5) is 19.1 Å². The van der Waals surface area contributed by atoms with Crippen LogP contribution in [0.2, 0.25) is 0 Å². The van der Waals surface area contributed by atoms with Crippen LogP contribution < -0.4 is 10.6 Å². The molecule has 4 heterocycles. The Morgan fingerprint density at radius 1 is 1.34 bits per heavy atom. The molecule has 3 N–H and O–H groups in total. The molecule has 2 aliphatic rings. The molecule has 4 rings (SSSR count). The van der Waals surface area contributed by atoms with E-state index in [2.05, 4.69) is 25.6 Å². The number of halogens is 3. The van der Waals surface area contributed by atoms with Gasteiger partial charge in [-0.15, -0.1) is 0 Å². The molecule has 0 aromatic carbocycles. The molecule has 0 bridgehead atoms. The number of aromatic amines is 1. The van der Waals surface area contributed by atoms with Gasteiger partial charge in [0.05, 0.1) is 5.69 Å². The summed E-state index contributed by atoms with van der Waals surface area (Å²) in [5.41, 5.74) is -0.147. The fourth-order valence-corrected chi connectivity index (χ4v) is 3.66. The molecule has 2 aromatic heterocycles. The lowest BCUT2D eigenvalue weighted by Gasteiger charge is -2.24. The molecule has 2 aliphatic heterocycles. The molecule has 0 unspecified atom stereocenters. The highest BCUT2D eigenvalue weighted by atomic mass is 19.4. The van der Waals surface area contributed by atoms with Gasteiger partial charge < -0.3 is 20.5 Å². The number of hydrogen-bond acceptors (Lipinski definition) is 5. The van der Waals surface area contributed by atoms with E-state index >= 15 is 0 Å². The van der Waals surface area contributed by atoms with Crippen molar-refractivity contribution >= 4 is 11.9 Å². The quantitative estimate of drug-likeness (QED) is 0.730. The van der Waals surface area contributed by atoms with Gasteiger partial charge in [0, 0.05) is 43.8 Å². The summed E-state index contributed by atoms with van der Waals surface area (Å²) in [6, 6.07) is 0.0508. The maximum Gasteiger partial charge on any atom is 0.419 e. The van der Waals surface area contributed by atoms with Crippen LogP contribution in [-0.4, -0.2) is 51.9 Å². The number of hydrogen-bond donors (Lipinski definition) is 3. The number of alkyl halides is 3. The van der Waals surface area contributed by atoms with Crippen molar-refractivity contribution in [3.05, 3.63) is 41.5 Å². The first-order valence-electron chi connectivity index (χ1n) is 9.40. The Kier molecular flexibility index (Phi) is 5.03. The number of amides is 1. The number of rotatable bonds is 3. The number of anilines is 1. The van der Waals surface area contributed by atoms with Gasteiger partial charge >= 0.3 is 6.18 Å². The van der Waals surface area contributed by atoms with Gasteiger partial charge in [0.15, 0.2) is 0 Å². The second-order valence-electron chi connectivity index (χ2n) is 7.20. The van der Waals surface area contributed by atoms with Crippen molar-refractivity contribution in [2.24, 2.45) is 0 Å². The average molecular weight is 406 g/mol. The highest BCUT2D eigenvalue weighted by Gasteiger charge is 2.37. The highest BCUT2D eigenvalue weighted by Crippen LogP contribution is 2.38. The molecule has 1 atom stereocenters. The number of piperidine rings is 1. The Morgan fingerprint density at radius 2 is 2.17 bits per heavy atom. The Hall–Kier alpha value is -2.88. The van der Waals surface area contributed by atoms with Gasteiger partial charge in [-0.3, -0.25) is 4.79 Å². The van der Waals surface area contributed by atoms with E-state index < -0.39 is 11.7 Å². The summed E-state index contributed by atoms with van der Waals surface area (Å²) >= 11 is 0. The summed E-state index contributed by atoms with van der Waals surface area (Å²) in [6.07, 6.45) is 3.12. The van der Waals surface area contributed by atoms with E-state index in [9.17, 15) is 18.0 Å². The number of carbonyl (C=O) groups is 1. The summed E-state index contributed by atoms with van der Waals surface area (Å²) in [5.74, 6) is -0.168. The molecule has 7 nitrogen and oxygen atoms in total. The average Bonchev–Trinajstić information content (AvgIpc) is 3.05. The third kappa shape index (κ3) is 3.84. The second kappa shape index (κ2) is 7.51. The maximum atomic E-state index is 13.7. The van der Waals surface area contributed by atoms with E-state index in [1.165, 1.54) is 11.1 Å². The van der Waals surface area contributed by atoms with E-state index in [-0.39, 0.29) is 34.8 Å². The third-order valence-electron chi connectivity index (χ3n) is 5.15. The molecule has 0 radical (unpaired) electrons. The van der Waals surface area contributed by atoms with Crippen LogP contribution in [0.25, 0.3) is 11.3 Å². The summed E-state index contributed by atoms with van der Waals surface area (Å²) < 4.78 is 41.0. The van der Waals surface area contributed by atoms with Gasteiger partial charge in [-0.2, -0.15) is 13.2 Å². The Bertz CT molecular complexity index is 946. The smallest absolute Gasteiger partial charge is 0.356 e. The zero-order chi connectivity index (χ0) is 20.6. The van der Waals surface area contributed by atoms with Gasteiger partial charge in [-0.1, -0.05) is 6.08 Å². The fourth-order valence-electron chi connectivity index (χ4n) is 3.66. The number of nitrogens with one attached hydrogen (secondary N) is 3. The zero-order valence-corrected chi connectivity index (χ0v) is 15.8. The van der Waals surface area contributed by atoms with Crippen LogP contribution in [0.5, 0.6) is 0 Å². The first kappa shape index (κ1) is 19.4. The number of carbonyl (C=O) groups excluding carboxylic acids is 1. The van der Waals surface area contributed by atoms with Gasteiger partial charge in [0.25, 0.3) is 5.91 Å². The van der Waals surface area contributed by atoms with Crippen molar-refractivity contribution in [1.82, 2.24) is 25.2 Å². The van der Waals surface area contributed by atoms with Crippen molar-refractivity contribution in [2.45, 2.75) is 31.5 Å². The second-order valence-corrected chi connectivity index (χ2v) is 7.20. The minimum absolute atomic E-state index is 0.0508. The van der Waals surface area contributed by atoms with Gasteiger partial charge in [-0.25, -0.2) is 9.97 Å². The molecule has 154 valence electrons. The Labute approximate surface area is 165 Å². The SMILES string of the molecule is CN1C=CCc2c(-c3nc(N[C@H]4CCCNC4)ncc3C(F)(F)F)c[nH]c2C1=O. The lowest BCUT2D eigenvalue weighted by molar-refractivity contribution is -0.137. The summed E-state index contributed by atoms with van der Waals surface area (Å²) in [6.45, 7) is 1.62. The van der Waals surface area contributed by atoms with E-state index in [0.717, 1.165) is 25.6 Å². The van der Waals surface area contributed by atoms with E-state index in [1.54, 1.807) is 19.3 Å². The number of allylic oxidation sites excluding steroid dienone is 1. The van der Waals surface area contributed by atoms with Crippen molar-refractivity contribution in [1.29, 1.82) is 0 Å². The topological polar surface area (TPSA) is 85.9 Å². The Balaban J connectivity index is 1.77. The predicted molar refractivity (Wildman–Crippen MR) is 101 cm³/mol. The molecule has 29 heavy (non-hydrogen) atoms. The third-order valence-corrected chi connectivity index (χ3v) is 5.15. The minimum atomic E-state index is -4.62. The van der Waals surface area contributed by atoms with E-state index in [0.29, 0.717) is 18.5 Å². The number of aromatic nitrogens is 3. The Morgan fingerprint density at radius 3 is 2.90 bits per heavy atom. The molecule has 0 saturated carbocycles. The monoisotopic (exact) mass is 406 g/mol. The molecule has 1 amide bonds. The van der Waals surface area contributed by atoms with Gasteiger partial charge in [0.2, 0.25) is 5.95 Å². The predicted octanol–water partition coefficient (Wildman–Crippen LogP) is 2.80. The molecule has 2 aromatic rings. The van der Waals surface area contributed by atoms with Crippen LogP contribution in [0, 0.1) is 0 Å². The zero-order valence-electron chi connectivity index (χ0n) is 15.8. The number of fused-ring (bicyclic) bond motifs is 1. The van der Waals surface area contributed by atoms with Gasteiger partial charge in [-0.05, 0) is 31.4 Å². The van der Waals surface area contributed by atoms with Crippen molar-refractivity contribution in [2.75, 3.05) is 25.5 Å². The summed E-state index contributed by atoms with van der Waals surface area (Å²) in [5, 5.41) is 6.36. The largest absolute Gasteiger partial charge is 0.419 e. The van der Waals surface area contributed by atoms with Crippen LogP contribution in [0.3, 0.4) is 0 Å².